The van der Waals surface area contributed by atoms with Gasteiger partial charge in [-0.1, -0.05) is 13.3 Å². The van der Waals surface area contributed by atoms with E-state index in [2.05, 4.69) is 12.2 Å². The molecular weight excluding hydrogens is 178 g/mol. The lowest BCUT2D eigenvalue weighted by Gasteiger charge is -2.31. The van der Waals surface area contributed by atoms with Gasteiger partial charge in [0.15, 0.2) is 0 Å². The van der Waals surface area contributed by atoms with Crippen LogP contribution in [0.2, 0.25) is 0 Å². The number of aliphatic hydroxyl groups is 1. The monoisotopic (exact) mass is 203 g/mol. The van der Waals surface area contributed by atoms with Gasteiger partial charge < -0.3 is 15.2 Å². The Morgan fingerprint density at radius 3 is 2.36 bits per heavy atom. The van der Waals surface area contributed by atoms with Crippen molar-refractivity contribution in [3.63, 3.8) is 0 Å². The molecule has 0 aliphatic rings. The molecule has 0 radical (unpaired) electrons. The smallest absolute Gasteiger partial charge is 0.0741 e. The van der Waals surface area contributed by atoms with Gasteiger partial charge in [0, 0.05) is 19.2 Å². The minimum absolute atomic E-state index is 0.0780. The van der Waals surface area contributed by atoms with E-state index in [1.54, 1.807) is 7.11 Å². The van der Waals surface area contributed by atoms with Gasteiger partial charge >= 0.3 is 0 Å². The quantitative estimate of drug-likeness (QED) is 0.659. The molecule has 0 aliphatic carbocycles. The average Bonchev–Trinajstić information content (AvgIpc) is 2.03. The van der Waals surface area contributed by atoms with Gasteiger partial charge in [-0.05, 0) is 27.2 Å². The molecule has 0 heterocycles. The highest BCUT2D eigenvalue weighted by molar-refractivity contribution is 4.82. The number of ether oxygens (including phenoxy) is 1. The molecule has 0 rings (SSSR count). The van der Waals surface area contributed by atoms with Crippen LogP contribution in [0.25, 0.3) is 0 Å². The van der Waals surface area contributed by atoms with Crippen LogP contribution in [0.4, 0.5) is 0 Å². The van der Waals surface area contributed by atoms with E-state index in [-0.39, 0.29) is 6.04 Å². The fourth-order valence-electron chi connectivity index (χ4n) is 1.32. The molecule has 0 saturated heterocycles. The van der Waals surface area contributed by atoms with Crippen LogP contribution >= 0.6 is 0 Å². The number of rotatable bonds is 7. The maximum atomic E-state index is 9.77. The van der Waals surface area contributed by atoms with Crippen molar-refractivity contribution in [3.05, 3.63) is 0 Å². The predicted octanol–water partition coefficient (Wildman–Crippen LogP) is 1.55. The first-order chi connectivity index (χ1) is 6.41. The molecule has 0 aromatic heterocycles. The second-order valence-electron chi connectivity index (χ2n) is 4.48. The summed E-state index contributed by atoms with van der Waals surface area (Å²) in [4.78, 5) is 0. The van der Waals surface area contributed by atoms with Gasteiger partial charge in [-0.15, -0.1) is 0 Å². The molecule has 2 N–H and O–H groups in total. The lowest BCUT2D eigenvalue weighted by molar-refractivity contribution is 0.0330. The van der Waals surface area contributed by atoms with Crippen molar-refractivity contribution in [2.75, 3.05) is 13.7 Å². The zero-order valence-electron chi connectivity index (χ0n) is 10.1. The summed E-state index contributed by atoms with van der Waals surface area (Å²) in [5.41, 5.74) is -0.681. The van der Waals surface area contributed by atoms with Crippen LogP contribution in [0, 0.1) is 0 Å². The highest BCUT2D eigenvalue weighted by Crippen LogP contribution is 2.10. The molecule has 0 amide bonds. The van der Waals surface area contributed by atoms with E-state index < -0.39 is 5.60 Å². The van der Waals surface area contributed by atoms with Gasteiger partial charge in [0.2, 0.25) is 0 Å². The second-order valence-corrected chi connectivity index (χ2v) is 4.48. The second kappa shape index (κ2) is 6.38. The Labute approximate surface area is 87.8 Å². The third-order valence-electron chi connectivity index (χ3n) is 2.55. The van der Waals surface area contributed by atoms with Gasteiger partial charge in [-0.2, -0.15) is 0 Å². The van der Waals surface area contributed by atoms with E-state index >= 15 is 0 Å². The summed E-state index contributed by atoms with van der Waals surface area (Å²) in [6.45, 7) is 8.49. The molecule has 0 aliphatic heterocycles. The van der Waals surface area contributed by atoms with Crippen LogP contribution in [-0.2, 0) is 4.74 Å². The number of nitrogens with one attached hydrogen (secondary N) is 1. The largest absolute Gasteiger partial charge is 0.389 e. The molecule has 14 heavy (non-hydrogen) atoms. The van der Waals surface area contributed by atoms with Crippen LogP contribution in [0.1, 0.15) is 40.5 Å². The molecule has 0 aromatic rings. The number of hydrogen-bond acceptors (Lipinski definition) is 3. The highest BCUT2D eigenvalue weighted by atomic mass is 16.5. The molecule has 86 valence electrons. The van der Waals surface area contributed by atoms with Gasteiger partial charge in [-0.3, -0.25) is 0 Å². The summed E-state index contributed by atoms with van der Waals surface area (Å²) < 4.78 is 5.13. The van der Waals surface area contributed by atoms with Crippen molar-refractivity contribution < 1.29 is 9.84 Å². The van der Waals surface area contributed by atoms with Crippen molar-refractivity contribution in [2.45, 2.75) is 58.2 Å². The molecule has 3 heteroatoms. The third kappa shape index (κ3) is 5.58. The maximum Gasteiger partial charge on any atom is 0.0741 e. The summed E-state index contributed by atoms with van der Waals surface area (Å²) in [6.07, 6.45) is 2.20. The zero-order valence-corrected chi connectivity index (χ0v) is 10.1. The topological polar surface area (TPSA) is 41.5 Å². The van der Waals surface area contributed by atoms with Crippen molar-refractivity contribution in [3.8, 4) is 0 Å². The fraction of sp³-hybridized carbons (Fsp3) is 1.00. The molecule has 0 spiro atoms. The van der Waals surface area contributed by atoms with E-state index in [1.807, 2.05) is 20.8 Å². The first-order valence-corrected chi connectivity index (χ1v) is 5.39. The van der Waals surface area contributed by atoms with E-state index in [1.165, 1.54) is 0 Å². The zero-order chi connectivity index (χ0) is 11.2. The van der Waals surface area contributed by atoms with Crippen molar-refractivity contribution in [2.24, 2.45) is 0 Å². The molecule has 0 fully saturated rings. The Kier molecular flexibility index (Phi) is 6.33. The standard InChI is InChI=1S/C11H25NO2/c1-6-7-10(8-14-5)12-9(2)11(3,4)13/h9-10,12-13H,6-8H2,1-5H3. The Hall–Kier alpha value is -0.120. The SMILES string of the molecule is CCCC(COC)NC(C)C(C)(C)O. The van der Waals surface area contributed by atoms with E-state index in [0.29, 0.717) is 12.6 Å². The van der Waals surface area contributed by atoms with E-state index in [9.17, 15) is 5.11 Å². The Bertz CT molecular complexity index is 137. The molecule has 0 saturated carbocycles. The molecular formula is C11H25NO2. The van der Waals surface area contributed by atoms with Crippen molar-refractivity contribution >= 4 is 0 Å². The Morgan fingerprint density at radius 1 is 1.43 bits per heavy atom. The van der Waals surface area contributed by atoms with Crippen LogP contribution in [0.15, 0.2) is 0 Å². The Morgan fingerprint density at radius 2 is 2.00 bits per heavy atom. The van der Waals surface area contributed by atoms with Gasteiger partial charge in [-0.25, -0.2) is 0 Å². The normalized spacial score (nSPS) is 16.7. The average molecular weight is 203 g/mol. The lowest BCUT2D eigenvalue weighted by Crippen LogP contribution is -2.50. The summed E-state index contributed by atoms with van der Waals surface area (Å²) >= 11 is 0. The lowest BCUT2D eigenvalue weighted by atomic mass is 9.99. The third-order valence-corrected chi connectivity index (χ3v) is 2.55. The number of methoxy groups -OCH3 is 1. The minimum Gasteiger partial charge on any atom is -0.389 e. The summed E-state index contributed by atoms with van der Waals surface area (Å²) in [5, 5.41) is 13.2. The summed E-state index contributed by atoms with van der Waals surface area (Å²) in [6, 6.07) is 0.417. The molecule has 3 nitrogen and oxygen atoms in total. The van der Waals surface area contributed by atoms with Gasteiger partial charge in [0.1, 0.15) is 0 Å². The van der Waals surface area contributed by atoms with E-state index in [4.69, 9.17) is 4.74 Å². The van der Waals surface area contributed by atoms with Crippen molar-refractivity contribution in [1.82, 2.24) is 5.32 Å². The van der Waals surface area contributed by atoms with Crippen LogP contribution in [0.5, 0.6) is 0 Å². The predicted molar refractivity (Wildman–Crippen MR) is 59.5 cm³/mol. The fourth-order valence-corrected chi connectivity index (χ4v) is 1.32. The number of hydrogen-bond donors (Lipinski definition) is 2. The first-order valence-electron chi connectivity index (χ1n) is 5.39. The first kappa shape index (κ1) is 13.9. The Balaban J connectivity index is 4.01. The highest BCUT2D eigenvalue weighted by Gasteiger charge is 2.24. The van der Waals surface area contributed by atoms with Crippen LogP contribution in [0.3, 0.4) is 0 Å². The van der Waals surface area contributed by atoms with Gasteiger partial charge in [0.25, 0.3) is 0 Å². The summed E-state index contributed by atoms with van der Waals surface area (Å²) in [5.74, 6) is 0. The molecule has 0 aromatic carbocycles. The maximum absolute atomic E-state index is 9.77. The molecule has 0 bridgehead atoms. The minimum atomic E-state index is -0.681. The van der Waals surface area contributed by atoms with Crippen LogP contribution < -0.4 is 5.32 Å². The van der Waals surface area contributed by atoms with E-state index in [0.717, 1.165) is 12.8 Å². The van der Waals surface area contributed by atoms with Gasteiger partial charge in [0.05, 0.1) is 12.2 Å². The van der Waals surface area contributed by atoms with Crippen molar-refractivity contribution in [1.29, 1.82) is 0 Å². The van der Waals surface area contributed by atoms with Crippen LogP contribution in [-0.4, -0.2) is 36.5 Å². The molecule has 2 unspecified atom stereocenters. The molecule has 2 atom stereocenters. The summed E-state index contributed by atoms with van der Waals surface area (Å²) in [7, 11) is 1.71.